The molecule has 4 heteroatoms. The van der Waals surface area contributed by atoms with Crippen LogP contribution in [0.2, 0.25) is 0 Å². The zero-order valence-corrected chi connectivity index (χ0v) is 3.69. The van der Waals surface area contributed by atoms with Crippen molar-refractivity contribution in [2.24, 2.45) is 0 Å². The van der Waals surface area contributed by atoms with Gasteiger partial charge in [-0.15, -0.1) is 24.8 Å². The van der Waals surface area contributed by atoms with Gasteiger partial charge in [0.2, 0.25) is 0 Å². The minimum absolute atomic E-state index is 0. The Kier molecular flexibility index (Phi) is 130. The molecule has 0 atom stereocenters. The summed E-state index contributed by atoms with van der Waals surface area (Å²) in [6, 6.07) is 0. The summed E-state index contributed by atoms with van der Waals surface area (Å²) in [5, 5.41) is 0. The summed E-state index contributed by atoms with van der Waals surface area (Å²) in [4.78, 5) is 0. The molecule has 0 N–H and O–H groups in total. The van der Waals surface area contributed by atoms with Crippen molar-refractivity contribution in [2.75, 3.05) is 0 Å². The average molecular weight is 276 g/mol. The molecule has 31 valence electrons. The second-order valence-corrected chi connectivity index (χ2v) is 0. The Labute approximate surface area is 88.8 Å². The summed E-state index contributed by atoms with van der Waals surface area (Å²) in [6.45, 7) is 0. The SMILES string of the molecule is Cl.Cl.[BaH2].[Cu]. The van der Waals surface area contributed by atoms with Crippen LogP contribution >= 0.6 is 24.8 Å². The van der Waals surface area contributed by atoms with E-state index in [1.165, 1.54) is 0 Å². The molecule has 0 fully saturated rings. The molecule has 0 amide bonds. The van der Waals surface area contributed by atoms with Crippen molar-refractivity contribution >= 4 is 73.7 Å². The minimum atomic E-state index is 0. The van der Waals surface area contributed by atoms with Crippen LogP contribution in [0.4, 0.5) is 0 Å². The van der Waals surface area contributed by atoms with E-state index in [-0.39, 0.29) is 90.8 Å². The maximum Gasteiger partial charge on any atom is 0 e. The van der Waals surface area contributed by atoms with Gasteiger partial charge in [-0.25, -0.2) is 0 Å². The van der Waals surface area contributed by atoms with Gasteiger partial charge in [0.15, 0.2) is 0 Å². The Morgan fingerprint density at radius 1 is 0.750 bits per heavy atom. The molecular weight excluding hydrogens is 272 g/mol. The summed E-state index contributed by atoms with van der Waals surface area (Å²) in [5.41, 5.74) is 0. The van der Waals surface area contributed by atoms with E-state index in [4.69, 9.17) is 0 Å². The molecule has 0 aliphatic carbocycles. The Balaban J connectivity index is 0. The fraction of sp³-hybridized carbons (Fsp3) is 0. The van der Waals surface area contributed by atoms with Crippen LogP contribution in [0, 0.1) is 0 Å². The van der Waals surface area contributed by atoms with Gasteiger partial charge in [-0.2, -0.15) is 0 Å². The maximum absolute atomic E-state index is 0. The molecule has 0 aromatic carbocycles. The zero-order valence-electron chi connectivity index (χ0n) is 1.12. The Morgan fingerprint density at radius 2 is 0.750 bits per heavy atom. The van der Waals surface area contributed by atoms with Crippen LogP contribution in [0.5, 0.6) is 0 Å². The Bertz CT molecular complexity index is 6.00. The summed E-state index contributed by atoms with van der Waals surface area (Å²) in [7, 11) is 0. The quantitative estimate of drug-likeness (QED) is 0.543. The van der Waals surface area contributed by atoms with Crippen LogP contribution in [-0.2, 0) is 17.1 Å². The van der Waals surface area contributed by atoms with E-state index in [2.05, 4.69) is 0 Å². The molecule has 1 radical (unpaired) electrons. The molecule has 0 rings (SSSR count). The van der Waals surface area contributed by atoms with E-state index >= 15 is 0 Å². The van der Waals surface area contributed by atoms with E-state index in [9.17, 15) is 0 Å². The van der Waals surface area contributed by atoms with Crippen molar-refractivity contribution in [2.45, 2.75) is 0 Å². The van der Waals surface area contributed by atoms with Crippen molar-refractivity contribution < 1.29 is 17.1 Å². The van der Waals surface area contributed by atoms with Gasteiger partial charge in [-0.3, -0.25) is 0 Å². The molecule has 0 aliphatic rings. The van der Waals surface area contributed by atoms with Gasteiger partial charge in [-0.05, 0) is 0 Å². The van der Waals surface area contributed by atoms with E-state index in [0.717, 1.165) is 0 Å². The minimum Gasteiger partial charge on any atom is 0 e. The van der Waals surface area contributed by atoms with Gasteiger partial charge in [0.1, 0.15) is 0 Å². The van der Waals surface area contributed by atoms with E-state index in [0.29, 0.717) is 0 Å². The number of hydrogen-bond donors (Lipinski definition) is 0. The molecule has 0 bridgehead atoms. The molecule has 0 spiro atoms. The van der Waals surface area contributed by atoms with E-state index in [1.807, 2.05) is 0 Å². The molecule has 0 nitrogen and oxygen atoms in total. The first-order valence-electron chi connectivity index (χ1n) is 0. The van der Waals surface area contributed by atoms with Gasteiger partial charge >= 0.3 is 48.9 Å². The van der Waals surface area contributed by atoms with Crippen molar-refractivity contribution in [3.05, 3.63) is 0 Å². The summed E-state index contributed by atoms with van der Waals surface area (Å²) in [6.07, 6.45) is 0. The Hall–Kier alpha value is 2.67. The summed E-state index contributed by atoms with van der Waals surface area (Å²) in [5.74, 6) is 0. The van der Waals surface area contributed by atoms with Gasteiger partial charge in [0, 0.05) is 17.1 Å². The van der Waals surface area contributed by atoms with Crippen LogP contribution in [0.25, 0.3) is 0 Å². The molecule has 0 saturated heterocycles. The first-order chi connectivity index (χ1) is 0. The summed E-state index contributed by atoms with van der Waals surface area (Å²) < 4.78 is 0. The Morgan fingerprint density at radius 3 is 0.750 bits per heavy atom. The van der Waals surface area contributed by atoms with Crippen LogP contribution in [0.1, 0.15) is 0 Å². The van der Waals surface area contributed by atoms with Crippen LogP contribution in [-0.4, -0.2) is 48.9 Å². The monoisotopic (exact) mass is 275 g/mol. The molecule has 0 unspecified atom stereocenters. The normalized spacial score (nSPS) is 0. The first-order valence-corrected chi connectivity index (χ1v) is 0. The number of hydrogen-bond acceptors (Lipinski definition) is 0. The molecular formula is H4BaCl2Cu. The van der Waals surface area contributed by atoms with Crippen molar-refractivity contribution in [3.63, 3.8) is 0 Å². The zero-order chi connectivity index (χ0) is 0. The molecule has 0 aromatic rings. The standard InChI is InChI=1S/Ba.2ClH.Cu.2H/h;2*1H;;;. The largest absolute Gasteiger partial charge is 0 e. The molecule has 0 heterocycles. The van der Waals surface area contributed by atoms with Crippen molar-refractivity contribution in [1.29, 1.82) is 0 Å². The third-order valence-corrected chi connectivity index (χ3v) is 0. The van der Waals surface area contributed by atoms with Crippen molar-refractivity contribution in [3.8, 4) is 0 Å². The molecule has 4 heavy (non-hydrogen) atoms. The predicted molar refractivity (Wildman–Crippen MR) is 23.0 cm³/mol. The van der Waals surface area contributed by atoms with Gasteiger partial charge in [0.25, 0.3) is 0 Å². The smallest absolute Gasteiger partial charge is 0 e. The van der Waals surface area contributed by atoms with Crippen LogP contribution in [0.15, 0.2) is 0 Å². The first kappa shape index (κ1) is 30.1. The summed E-state index contributed by atoms with van der Waals surface area (Å²) >= 11 is 0. The van der Waals surface area contributed by atoms with Crippen LogP contribution < -0.4 is 0 Å². The fourth-order valence-electron chi connectivity index (χ4n) is 0. The second kappa shape index (κ2) is 17.3. The third-order valence-electron chi connectivity index (χ3n) is 0. The predicted octanol–water partition coefficient (Wildman–Crippen LogP) is -0.0751. The van der Waals surface area contributed by atoms with Gasteiger partial charge in [0.05, 0.1) is 0 Å². The van der Waals surface area contributed by atoms with Gasteiger partial charge in [-0.1, -0.05) is 0 Å². The average Bonchev–Trinajstić information content (AvgIpc) is 0. The molecule has 0 aromatic heterocycles. The van der Waals surface area contributed by atoms with E-state index in [1.54, 1.807) is 0 Å². The van der Waals surface area contributed by atoms with E-state index < -0.39 is 0 Å². The third kappa shape index (κ3) is 8.82. The second-order valence-electron chi connectivity index (χ2n) is 0. The van der Waals surface area contributed by atoms with Crippen molar-refractivity contribution in [1.82, 2.24) is 0 Å². The number of rotatable bonds is 0. The van der Waals surface area contributed by atoms with Crippen LogP contribution in [0.3, 0.4) is 0 Å². The maximum atomic E-state index is 0. The fourth-order valence-corrected chi connectivity index (χ4v) is 0. The molecule has 0 saturated carbocycles. The molecule has 0 aliphatic heterocycles. The topological polar surface area (TPSA) is 0 Å². The number of halogens is 2. The van der Waals surface area contributed by atoms with Gasteiger partial charge < -0.3 is 0 Å².